The highest BCUT2D eigenvalue weighted by atomic mass is 19.4. The van der Waals surface area contributed by atoms with Crippen LogP contribution in [0, 0.1) is 10.1 Å². The number of aromatic nitrogens is 2. The van der Waals surface area contributed by atoms with Crippen LogP contribution in [0.25, 0.3) is 0 Å². The number of benzene rings is 1. The number of halogens is 3. The number of carbonyl (C=O) groups excluding carboxylic acids is 1. The Labute approximate surface area is 132 Å². The molecule has 2 rings (SSSR count). The molecule has 2 N–H and O–H groups in total. The van der Waals surface area contributed by atoms with Crippen LogP contribution in [0.4, 0.5) is 24.5 Å². The summed E-state index contributed by atoms with van der Waals surface area (Å²) in [6.45, 7) is -0.0145. The minimum absolute atomic E-state index is 0.0145. The van der Waals surface area contributed by atoms with E-state index in [-0.39, 0.29) is 24.3 Å². The molecule has 24 heavy (non-hydrogen) atoms. The summed E-state index contributed by atoms with van der Waals surface area (Å²) in [5.74, 6) is -1.19. The maximum Gasteiger partial charge on any atom is 0.416 e. The molecule has 0 saturated carbocycles. The molecule has 0 atom stereocenters. The lowest BCUT2D eigenvalue weighted by molar-refractivity contribution is -0.385. The van der Waals surface area contributed by atoms with Gasteiger partial charge in [0.2, 0.25) is 5.91 Å². The highest BCUT2D eigenvalue weighted by molar-refractivity contribution is 5.92. The van der Waals surface area contributed by atoms with Gasteiger partial charge in [-0.25, -0.2) is 0 Å². The molecule has 0 fully saturated rings. The fourth-order valence-corrected chi connectivity index (χ4v) is 1.81. The van der Waals surface area contributed by atoms with Gasteiger partial charge in [0.15, 0.2) is 0 Å². The quantitative estimate of drug-likeness (QED) is 0.492. The summed E-state index contributed by atoms with van der Waals surface area (Å²) in [4.78, 5) is 21.6. The Kier molecular flexibility index (Phi) is 4.71. The van der Waals surface area contributed by atoms with E-state index in [0.717, 1.165) is 23.1 Å². The smallest absolute Gasteiger partial charge is 0.416 e. The second-order valence-corrected chi connectivity index (χ2v) is 4.75. The van der Waals surface area contributed by atoms with E-state index in [1.807, 2.05) is 0 Å². The number of aromatic hydroxyl groups is 1. The zero-order valence-corrected chi connectivity index (χ0v) is 11.9. The molecule has 0 saturated heterocycles. The Bertz CT molecular complexity index is 773. The number of phenolic OH excluding ortho intramolecular Hbond substituents is 1. The molecule has 0 radical (unpaired) electrons. The second-order valence-electron chi connectivity index (χ2n) is 4.75. The van der Waals surface area contributed by atoms with Crippen LogP contribution in [-0.4, -0.2) is 25.7 Å². The standard InChI is InChI=1S/C13H11F3N4O4/c14-13(15,16)8-1-2-11(21)10(5-8)18-12(22)3-4-19-7-9(6-17-19)20(23)24/h1-2,5-7,21H,3-4H2,(H,18,22). The molecule has 11 heteroatoms. The molecule has 1 aromatic heterocycles. The monoisotopic (exact) mass is 344 g/mol. The molecule has 0 aliphatic heterocycles. The van der Waals surface area contributed by atoms with Crippen LogP contribution in [-0.2, 0) is 17.5 Å². The van der Waals surface area contributed by atoms with E-state index in [9.17, 15) is 33.2 Å². The number of nitrogens with zero attached hydrogens (tertiary/aromatic N) is 3. The third kappa shape index (κ3) is 4.21. The van der Waals surface area contributed by atoms with E-state index in [1.165, 1.54) is 0 Å². The number of carbonyl (C=O) groups is 1. The van der Waals surface area contributed by atoms with Gasteiger partial charge in [-0.15, -0.1) is 0 Å². The van der Waals surface area contributed by atoms with E-state index >= 15 is 0 Å². The molecule has 0 bridgehead atoms. The number of nitro groups is 1. The summed E-state index contributed by atoms with van der Waals surface area (Å²) in [5, 5.41) is 25.9. The highest BCUT2D eigenvalue weighted by Crippen LogP contribution is 2.34. The molecule has 2 aromatic rings. The molecule has 0 aliphatic carbocycles. The Morgan fingerprint density at radius 3 is 2.71 bits per heavy atom. The molecular weight excluding hydrogens is 333 g/mol. The van der Waals surface area contributed by atoms with Gasteiger partial charge in [-0.1, -0.05) is 0 Å². The van der Waals surface area contributed by atoms with Crippen molar-refractivity contribution in [2.24, 2.45) is 0 Å². The van der Waals surface area contributed by atoms with Gasteiger partial charge in [-0.2, -0.15) is 18.3 Å². The predicted octanol–water partition coefficient (Wildman–Crippen LogP) is 2.54. The summed E-state index contributed by atoms with van der Waals surface area (Å²) in [6, 6.07) is 2.13. The number of aryl methyl sites for hydroxylation is 1. The average molecular weight is 344 g/mol. The Hall–Kier alpha value is -3.11. The number of nitrogens with one attached hydrogen (secondary N) is 1. The molecule has 1 amide bonds. The summed E-state index contributed by atoms with van der Waals surface area (Å²) < 4.78 is 39.0. The van der Waals surface area contributed by atoms with Crippen LogP contribution < -0.4 is 5.32 Å². The van der Waals surface area contributed by atoms with Crippen molar-refractivity contribution in [1.82, 2.24) is 9.78 Å². The fraction of sp³-hybridized carbons (Fsp3) is 0.231. The number of anilines is 1. The molecule has 0 spiro atoms. The first-order valence-corrected chi connectivity index (χ1v) is 6.53. The first kappa shape index (κ1) is 17.2. The highest BCUT2D eigenvalue weighted by Gasteiger charge is 2.31. The summed E-state index contributed by atoms with van der Waals surface area (Å²) in [5.41, 5.74) is -1.63. The lowest BCUT2D eigenvalue weighted by atomic mass is 10.1. The topological polar surface area (TPSA) is 110 Å². The summed E-state index contributed by atoms with van der Waals surface area (Å²) >= 11 is 0. The lowest BCUT2D eigenvalue weighted by Crippen LogP contribution is -2.15. The van der Waals surface area contributed by atoms with Gasteiger partial charge in [0.1, 0.15) is 18.1 Å². The first-order chi connectivity index (χ1) is 11.2. The molecule has 8 nitrogen and oxygen atoms in total. The van der Waals surface area contributed by atoms with Crippen molar-refractivity contribution < 1.29 is 28.0 Å². The third-order valence-corrected chi connectivity index (χ3v) is 3.00. The van der Waals surface area contributed by atoms with E-state index < -0.39 is 28.3 Å². The van der Waals surface area contributed by atoms with Gasteiger partial charge >= 0.3 is 11.9 Å². The van der Waals surface area contributed by atoms with E-state index in [1.54, 1.807) is 0 Å². The minimum Gasteiger partial charge on any atom is -0.506 e. The van der Waals surface area contributed by atoms with Gasteiger partial charge < -0.3 is 10.4 Å². The number of hydrogen-bond donors (Lipinski definition) is 2. The Balaban J connectivity index is 2.00. The van der Waals surface area contributed by atoms with Gasteiger partial charge in [0.25, 0.3) is 0 Å². The molecule has 0 unspecified atom stereocenters. The molecule has 1 heterocycles. The predicted molar refractivity (Wildman–Crippen MR) is 75.2 cm³/mol. The zero-order valence-electron chi connectivity index (χ0n) is 11.9. The normalized spacial score (nSPS) is 11.3. The average Bonchev–Trinajstić information content (AvgIpc) is 2.95. The minimum atomic E-state index is -4.61. The number of phenols is 1. The number of rotatable bonds is 5. The number of alkyl halides is 3. The van der Waals surface area contributed by atoms with Crippen molar-refractivity contribution in [2.75, 3.05) is 5.32 Å². The van der Waals surface area contributed by atoms with Crippen molar-refractivity contribution in [3.63, 3.8) is 0 Å². The lowest BCUT2D eigenvalue weighted by Gasteiger charge is -2.11. The SMILES string of the molecule is O=C(CCn1cc([N+](=O)[O-])cn1)Nc1cc(C(F)(F)F)ccc1O. The van der Waals surface area contributed by atoms with Crippen LogP contribution >= 0.6 is 0 Å². The molecule has 128 valence electrons. The number of amides is 1. The molecule has 0 aliphatic rings. The van der Waals surface area contributed by atoms with Crippen LogP contribution in [0.1, 0.15) is 12.0 Å². The Morgan fingerprint density at radius 2 is 2.12 bits per heavy atom. The van der Waals surface area contributed by atoms with Crippen molar-refractivity contribution in [3.8, 4) is 5.75 Å². The largest absolute Gasteiger partial charge is 0.506 e. The maximum atomic E-state index is 12.6. The van der Waals surface area contributed by atoms with Gasteiger partial charge in [-0.05, 0) is 18.2 Å². The zero-order chi connectivity index (χ0) is 17.9. The summed E-state index contributed by atoms with van der Waals surface area (Å²) in [6.07, 6.45) is -2.68. The van der Waals surface area contributed by atoms with Crippen molar-refractivity contribution in [3.05, 3.63) is 46.3 Å². The number of hydrogen-bond acceptors (Lipinski definition) is 5. The third-order valence-electron chi connectivity index (χ3n) is 3.00. The van der Waals surface area contributed by atoms with E-state index in [4.69, 9.17) is 0 Å². The summed E-state index contributed by atoms with van der Waals surface area (Å²) in [7, 11) is 0. The van der Waals surface area contributed by atoms with Crippen LogP contribution in [0.2, 0.25) is 0 Å². The molecule has 1 aromatic carbocycles. The van der Waals surface area contributed by atoms with Gasteiger partial charge in [0, 0.05) is 13.0 Å². The molecular formula is C13H11F3N4O4. The van der Waals surface area contributed by atoms with Crippen LogP contribution in [0.15, 0.2) is 30.6 Å². The first-order valence-electron chi connectivity index (χ1n) is 6.53. The Morgan fingerprint density at radius 1 is 1.42 bits per heavy atom. The van der Waals surface area contributed by atoms with Crippen molar-refractivity contribution in [1.29, 1.82) is 0 Å². The van der Waals surface area contributed by atoms with Gasteiger partial charge in [-0.3, -0.25) is 19.6 Å². The second kappa shape index (κ2) is 6.56. The van der Waals surface area contributed by atoms with Gasteiger partial charge in [0.05, 0.1) is 16.2 Å². The maximum absolute atomic E-state index is 12.6. The van der Waals surface area contributed by atoms with Crippen LogP contribution in [0.3, 0.4) is 0 Å². The fourth-order valence-electron chi connectivity index (χ4n) is 1.81. The van der Waals surface area contributed by atoms with Crippen molar-refractivity contribution >= 4 is 17.3 Å². The van der Waals surface area contributed by atoms with E-state index in [2.05, 4.69) is 10.4 Å². The van der Waals surface area contributed by atoms with Crippen molar-refractivity contribution in [2.45, 2.75) is 19.1 Å². The van der Waals surface area contributed by atoms with E-state index in [0.29, 0.717) is 12.1 Å². The van der Waals surface area contributed by atoms with Crippen LogP contribution in [0.5, 0.6) is 5.75 Å².